The number of rotatable bonds is 6. The van der Waals surface area contributed by atoms with Crippen LogP contribution in [0.5, 0.6) is 0 Å². The number of hydrogen-bond donors (Lipinski definition) is 1. The van der Waals surface area contributed by atoms with Gasteiger partial charge >= 0.3 is 0 Å². The minimum atomic E-state index is -0.319. The summed E-state index contributed by atoms with van der Waals surface area (Å²) in [5, 5.41) is 3.55. The van der Waals surface area contributed by atoms with E-state index < -0.39 is 0 Å². The lowest BCUT2D eigenvalue weighted by molar-refractivity contribution is -0.116. The fraction of sp³-hybridized carbons (Fsp3) is 0.222. The summed E-state index contributed by atoms with van der Waals surface area (Å²) in [5.41, 5.74) is 0.988. The Bertz CT molecular complexity index is 783. The molecule has 1 N–H and O–H groups in total. The Balaban J connectivity index is 2.09. The molecule has 25 heavy (non-hydrogen) atoms. The highest BCUT2D eigenvalue weighted by molar-refractivity contribution is 9.10. The molecule has 0 radical (unpaired) electrons. The zero-order valence-corrected chi connectivity index (χ0v) is 16.7. The summed E-state index contributed by atoms with van der Waals surface area (Å²) >= 11 is 15.3. The fourth-order valence-electron chi connectivity index (χ4n) is 2.28. The normalized spacial score (nSPS) is 10.4. The van der Waals surface area contributed by atoms with E-state index in [0.29, 0.717) is 27.8 Å². The summed E-state index contributed by atoms with van der Waals surface area (Å²) in [6.07, 6.45) is 0.745. The van der Waals surface area contributed by atoms with Crippen molar-refractivity contribution >= 4 is 56.6 Å². The Morgan fingerprint density at radius 3 is 2.56 bits per heavy atom. The first kappa shape index (κ1) is 19.8. The van der Waals surface area contributed by atoms with Crippen LogP contribution in [-0.2, 0) is 4.79 Å². The molecule has 0 atom stereocenters. The van der Waals surface area contributed by atoms with Gasteiger partial charge < -0.3 is 10.2 Å². The summed E-state index contributed by atoms with van der Waals surface area (Å²) in [7, 11) is 0. The van der Waals surface area contributed by atoms with Crippen LogP contribution >= 0.6 is 39.1 Å². The lowest BCUT2D eigenvalue weighted by Crippen LogP contribution is -2.38. The molecule has 7 heteroatoms. The number of amides is 2. The molecule has 4 nitrogen and oxygen atoms in total. The Labute approximate surface area is 165 Å². The van der Waals surface area contributed by atoms with Crippen molar-refractivity contribution in [1.29, 1.82) is 0 Å². The zero-order valence-electron chi connectivity index (χ0n) is 13.6. The molecule has 0 saturated heterocycles. The molecule has 0 fully saturated rings. The van der Waals surface area contributed by atoms with Crippen molar-refractivity contribution in [1.82, 2.24) is 4.90 Å². The third-order valence-corrected chi connectivity index (χ3v) is 4.43. The predicted octanol–water partition coefficient (Wildman–Crippen LogP) is 5.25. The van der Waals surface area contributed by atoms with E-state index in [1.54, 1.807) is 36.4 Å². The van der Waals surface area contributed by atoms with Crippen molar-refractivity contribution in [3.63, 3.8) is 0 Å². The summed E-state index contributed by atoms with van der Waals surface area (Å²) < 4.78 is 0.812. The Kier molecular flexibility index (Phi) is 7.29. The summed E-state index contributed by atoms with van der Waals surface area (Å²) in [4.78, 5) is 26.5. The number of hydrogen-bond acceptors (Lipinski definition) is 2. The molecule has 132 valence electrons. The highest BCUT2D eigenvalue weighted by Crippen LogP contribution is 2.25. The topological polar surface area (TPSA) is 49.4 Å². The van der Waals surface area contributed by atoms with Gasteiger partial charge in [0.15, 0.2) is 0 Å². The number of benzene rings is 2. The van der Waals surface area contributed by atoms with Crippen molar-refractivity contribution in [2.24, 2.45) is 0 Å². The van der Waals surface area contributed by atoms with Gasteiger partial charge in [0.2, 0.25) is 5.91 Å². The monoisotopic (exact) mass is 442 g/mol. The maximum absolute atomic E-state index is 12.7. The van der Waals surface area contributed by atoms with Crippen LogP contribution in [0.3, 0.4) is 0 Å². The molecule has 0 aliphatic rings. The van der Waals surface area contributed by atoms with Crippen LogP contribution < -0.4 is 5.32 Å². The van der Waals surface area contributed by atoms with Gasteiger partial charge in [0.1, 0.15) is 6.54 Å². The second-order valence-electron chi connectivity index (χ2n) is 5.41. The number of nitrogens with one attached hydrogen (secondary N) is 1. The molecule has 0 unspecified atom stereocenters. The smallest absolute Gasteiger partial charge is 0.254 e. The quantitative estimate of drug-likeness (QED) is 0.662. The first-order valence-corrected chi connectivity index (χ1v) is 9.25. The van der Waals surface area contributed by atoms with E-state index in [-0.39, 0.29) is 18.4 Å². The van der Waals surface area contributed by atoms with Crippen LogP contribution in [0.1, 0.15) is 23.7 Å². The average Bonchev–Trinajstić information content (AvgIpc) is 2.56. The van der Waals surface area contributed by atoms with Crippen molar-refractivity contribution in [2.75, 3.05) is 18.4 Å². The Hall–Kier alpha value is -1.56. The highest BCUT2D eigenvalue weighted by atomic mass is 79.9. The standard InChI is InChI=1S/C18H17BrCl2N2O2/c1-2-8-23(18(25)12-4-3-5-13(19)9-12)11-17(24)22-16-7-6-14(20)10-15(16)21/h3-7,9-10H,2,8,11H2,1H3,(H,22,24). The van der Waals surface area contributed by atoms with Gasteiger partial charge in [0.05, 0.1) is 10.7 Å². The van der Waals surface area contributed by atoms with E-state index in [9.17, 15) is 9.59 Å². The van der Waals surface area contributed by atoms with Crippen LogP contribution in [0.15, 0.2) is 46.9 Å². The van der Waals surface area contributed by atoms with Crippen molar-refractivity contribution in [2.45, 2.75) is 13.3 Å². The van der Waals surface area contributed by atoms with Crippen LogP contribution in [0.25, 0.3) is 0 Å². The molecule has 0 aliphatic carbocycles. The molecule has 0 saturated carbocycles. The summed E-state index contributed by atoms with van der Waals surface area (Å²) in [6.45, 7) is 2.38. The summed E-state index contributed by atoms with van der Waals surface area (Å²) in [5.74, 6) is -0.512. The van der Waals surface area contributed by atoms with Gasteiger partial charge in [-0.15, -0.1) is 0 Å². The Morgan fingerprint density at radius 1 is 1.16 bits per heavy atom. The lowest BCUT2D eigenvalue weighted by Gasteiger charge is -2.22. The molecule has 0 spiro atoms. The predicted molar refractivity (Wildman–Crippen MR) is 105 cm³/mol. The van der Waals surface area contributed by atoms with E-state index >= 15 is 0 Å². The van der Waals surface area contributed by atoms with Gasteiger partial charge in [-0.05, 0) is 42.8 Å². The van der Waals surface area contributed by atoms with Crippen molar-refractivity contribution < 1.29 is 9.59 Å². The van der Waals surface area contributed by atoms with Crippen LogP contribution in [0, 0.1) is 0 Å². The van der Waals surface area contributed by atoms with E-state index in [4.69, 9.17) is 23.2 Å². The van der Waals surface area contributed by atoms with Gasteiger partial charge in [-0.3, -0.25) is 9.59 Å². The average molecular weight is 444 g/mol. The van der Waals surface area contributed by atoms with Crippen molar-refractivity contribution in [3.05, 3.63) is 62.5 Å². The van der Waals surface area contributed by atoms with Gasteiger partial charge in [0.25, 0.3) is 5.91 Å². The number of anilines is 1. The molecule has 0 aromatic heterocycles. The van der Waals surface area contributed by atoms with Gasteiger partial charge in [-0.1, -0.05) is 52.1 Å². The largest absolute Gasteiger partial charge is 0.329 e. The molecule has 2 aromatic rings. The van der Waals surface area contributed by atoms with Gasteiger partial charge in [0, 0.05) is 21.6 Å². The summed E-state index contributed by atoms with van der Waals surface area (Å²) in [6, 6.07) is 11.9. The third-order valence-electron chi connectivity index (χ3n) is 3.39. The van der Waals surface area contributed by atoms with Crippen LogP contribution in [0.4, 0.5) is 5.69 Å². The molecule has 0 aliphatic heterocycles. The minimum Gasteiger partial charge on any atom is -0.329 e. The first-order valence-electron chi connectivity index (χ1n) is 7.70. The van der Waals surface area contributed by atoms with E-state index in [2.05, 4.69) is 21.2 Å². The van der Waals surface area contributed by atoms with Crippen LogP contribution in [0.2, 0.25) is 10.0 Å². The van der Waals surface area contributed by atoms with Gasteiger partial charge in [-0.2, -0.15) is 0 Å². The number of carbonyl (C=O) groups excluding carboxylic acids is 2. The first-order chi connectivity index (χ1) is 11.9. The SMILES string of the molecule is CCCN(CC(=O)Nc1ccc(Cl)cc1Cl)C(=O)c1cccc(Br)c1. The molecule has 2 rings (SSSR count). The lowest BCUT2D eigenvalue weighted by atomic mass is 10.2. The van der Waals surface area contributed by atoms with E-state index in [1.807, 2.05) is 13.0 Å². The molecule has 2 amide bonds. The maximum Gasteiger partial charge on any atom is 0.254 e. The molecule has 0 bridgehead atoms. The van der Waals surface area contributed by atoms with Gasteiger partial charge in [-0.25, -0.2) is 0 Å². The van der Waals surface area contributed by atoms with Crippen molar-refractivity contribution in [3.8, 4) is 0 Å². The molecular formula is C18H17BrCl2N2O2. The number of nitrogens with zero attached hydrogens (tertiary/aromatic N) is 1. The third kappa shape index (κ3) is 5.73. The maximum atomic E-state index is 12.7. The van der Waals surface area contributed by atoms with Crippen LogP contribution in [-0.4, -0.2) is 29.8 Å². The Morgan fingerprint density at radius 2 is 1.92 bits per heavy atom. The number of carbonyl (C=O) groups is 2. The molecule has 0 heterocycles. The number of halogens is 3. The molecule has 2 aromatic carbocycles. The molecular weight excluding hydrogens is 427 g/mol. The van der Waals surface area contributed by atoms with E-state index in [1.165, 1.54) is 4.90 Å². The second-order valence-corrected chi connectivity index (χ2v) is 7.17. The zero-order chi connectivity index (χ0) is 18.4. The second kappa shape index (κ2) is 9.22. The fourth-order valence-corrected chi connectivity index (χ4v) is 3.14. The minimum absolute atomic E-state index is 0.0574. The van der Waals surface area contributed by atoms with E-state index in [0.717, 1.165) is 10.9 Å². The highest BCUT2D eigenvalue weighted by Gasteiger charge is 2.19.